The van der Waals surface area contributed by atoms with Crippen molar-refractivity contribution >= 4 is 23.4 Å². The lowest BCUT2D eigenvalue weighted by Gasteiger charge is -2.36. The molecule has 7 nitrogen and oxygen atoms in total. The van der Waals surface area contributed by atoms with Crippen LogP contribution in [0.1, 0.15) is 32.1 Å². The highest BCUT2D eigenvalue weighted by Gasteiger charge is 2.20. The number of hydrogen-bond donors (Lipinski definition) is 2. The van der Waals surface area contributed by atoms with Crippen LogP contribution in [0.2, 0.25) is 0 Å². The molecule has 1 aromatic carbocycles. The normalized spacial score (nSPS) is 15.2. The van der Waals surface area contributed by atoms with Gasteiger partial charge in [-0.25, -0.2) is 4.79 Å². The van der Waals surface area contributed by atoms with Crippen LogP contribution in [0, 0.1) is 0 Å². The third-order valence-electron chi connectivity index (χ3n) is 5.09. The smallest absolute Gasteiger partial charge is 0.319 e. The molecule has 1 aromatic rings. The van der Waals surface area contributed by atoms with Crippen LogP contribution in [0.4, 0.5) is 16.2 Å². The summed E-state index contributed by atoms with van der Waals surface area (Å²) in [7, 11) is 5.69. The van der Waals surface area contributed by atoms with Gasteiger partial charge < -0.3 is 25.2 Å². The molecule has 2 amide bonds. The van der Waals surface area contributed by atoms with Gasteiger partial charge in [-0.2, -0.15) is 0 Å². The van der Waals surface area contributed by atoms with Crippen LogP contribution in [-0.4, -0.2) is 63.8 Å². The number of carbonyl (C=O) groups excluding carboxylic acids is 2. The molecule has 0 atom stereocenters. The molecular weight excluding hydrogens is 344 g/mol. The predicted molar refractivity (Wildman–Crippen MR) is 108 cm³/mol. The summed E-state index contributed by atoms with van der Waals surface area (Å²) in [6, 6.07) is 8.28. The Morgan fingerprint density at radius 2 is 1.85 bits per heavy atom. The number of esters is 1. The van der Waals surface area contributed by atoms with Crippen LogP contribution in [0.3, 0.4) is 0 Å². The Morgan fingerprint density at radius 3 is 2.48 bits per heavy atom. The molecule has 1 aliphatic rings. The van der Waals surface area contributed by atoms with E-state index < -0.39 is 0 Å². The zero-order valence-electron chi connectivity index (χ0n) is 16.7. The number of anilines is 2. The summed E-state index contributed by atoms with van der Waals surface area (Å²) in [5.41, 5.74) is 1.93. The molecule has 0 aliphatic carbocycles. The number of urea groups is 1. The molecule has 1 heterocycles. The maximum atomic E-state index is 11.9. The number of nitrogens with zero attached hydrogens (tertiary/aromatic N) is 2. The fraction of sp³-hybridized carbons (Fsp3) is 0.600. The van der Waals surface area contributed by atoms with Crippen molar-refractivity contribution in [1.29, 1.82) is 0 Å². The van der Waals surface area contributed by atoms with Gasteiger partial charge in [0, 0.05) is 37.4 Å². The minimum absolute atomic E-state index is 0.218. The highest BCUT2D eigenvalue weighted by atomic mass is 16.5. The third kappa shape index (κ3) is 7.09. The first-order valence-electron chi connectivity index (χ1n) is 9.62. The standard InChI is InChI=1S/C20H32N4O3/c1-23-14-11-18(12-15-23)24(2)17-9-7-16(8-10-17)22-20(26)21-13-5-4-6-19(25)27-3/h7-10,18H,4-6,11-15H2,1-3H3,(H2,21,22,26). The minimum Gasteiger partial charge on any atom is -0.469 e. The zero-order valence-corrected chi connectivity index (χ0v) is 16.7. The Labute approximate surface area is 162 Å². The monoisotopic (exact) mass is 376 g/mol. The summed E-state index contributed by atoms with van der Waals surface area (Å²) < 4.78 is 4.58. The molecule has 0 saturated carbocycles. The van der Waals surface area contributed by atoms with Crippen LogP contribution >= 0.6 is 0 Å². The number of methoxy groups -OCH3 is 1. The molecule has 150 valence electrons. The maximum absolute atomic E-state index is 11.9. The van der Waals surface area contributed by atoms with E-state index in [9.17, 15) is 9.59 Å². The lowest BCUT2D eigenvalue weighted by Crippen LogP contribution is -2.41. The topological polar surface area (TPSA) is 73.9 Å². The number of carbonyl (C=O) groups is 2. The molecule has 1 saturated heterocycles. The van der Waals surface area contributed by atoms with Gasteiger partial charge >= 0.3 is 12.0 Å². The number of piperidine rings is 1. The molecule has 1 aliphatic heterocycles. The molecule has 1 fully saturated rings. The van der Waals surface area contributed by atoms with Gasteiger partial charge in [-0.05, 0) is 70.1 Å². The maximum Gasteiger partial charge on any atom is 0.319 e. The molecule has 2 rings (SSSR count). The summed E-state index contributed by atoms with van der Waals surface area (Å²) >= 11 is 0. The van der Waals surface area contributed by atoms with Crippen molar-refractivity contribution in [2.75, 3.05) is 51.1 Å². The molecule has 0 spiro atoms. The van der Waals surface area contributed by atoms with E-state index in [0.717, 1.165) is 25.2 Å². The molecule has 0 unspecified atom stereocenters. The Bertz CT molecular complexity index is 598. The van der Waals surface area contributed by atoms with E-state index >= 15 is 0 Å². The lowest BCUT2D eigenvalue weighted by atomic mass is 10.0. The average molecular weight is 377 g/mol. The molecule has 0 bridgehead atoms. The van der Waals surface area contributed by atoms with Crippen molar-refractivity contribution in [3.05, 3.63) is 24.3 Å². The van der Waals surface area contributed by atoms with Crippen LogP contribution in [0.25, 0.3) is 0 Å². The van der Waals surface area contributed by atoms with E-state index in [1.165, 1.54) is 25.6 Å². The van der Waals surface area contributed by atoms with Gasteiger partial charge in [0.05, 0.1) is 7.11 Å². The number of ether oxygens (including phenoxy) is 1. The van der Waals surface area contributed by atoms with Gasteiger partial charge in [0.2, 0.25) is 0 Å². The highest BCUT2D eigenvalue weighted by molar-refractivity contribution is 5.89. The van der Waals surface area contributed by atoms with Crippen LogP contribution in [-0.2, 0) is 9.53 Å². The van der Waals surface area contributed by atoms with Crippen LogP contribution in [0.5, 0.6) is 0 Å². The molecule has 0 radical (unpaired) electrons. The first kappa shape index (κ1) is 21.0. The minimum atomic E-state index is -0.232. The van der Waals surface area contributed by atoms with Crippen molar-refractivity contribution in [3.63, 3.8) is 0 Å². The predicted octanol–water partition coefficient (Wildman–Crippen LogP) is 2.68. The van der Waals surface area contributed by atoms with E-state index in [1.807, 2.05) is 24.3 Å². The largest absolute Gasteiger partial charge is 0.469 e. The Kier molecular flexibility index (Phi) is 8.39. The first-order valence-corrected chi connectivity index (χ1v) is 9.62. The van der Waals surface area contributed by atoms with Crippen molar-refractivity contribution in [2.45, 2.75) is 38.1 Å². The number of hydrogen-bond acceptors (Lipinski definition) is 5. The molecule has 2 N–H and O–H groups in total. The third-order valence-corrected chi connectivity index (χ3v) is 5.09. The summed E-state index contributed by atoms with van der Waals surface area (Å²) in [5.74, 6) is -0.218. The Morgan fingerprint density at radius 1 is 1.19 bits per heavy atom. The van der Waals surface area contributed by atoms with Crippen LogP contribution in [0.15, 0.2) is 24.3 Å². The van der Waals surface area contributed by atoms with Crippen molar-refractivity contribution < 1.29 is 14.3 Å². The van der Waals surface area contributed by atoms with Gasteiger partial charge in [-0.1, -0.05) is 0 Å². The molecular formula is C20H32N4O3. The van der Waals surface area contributed by atoms with E-state index in [2.05, 4.69) is 39.3 Å². The molecule has 27 heavy (non-hydrogen) atoms. The Hall–Kier alpha value is -2.28. The first-order chi connectivity index (χ1) is 13.0. The number of unbranched alkanes of at least 4 members (excludes halogenated alkanes) is 1. The fourth-order valence-electron chi connectivity index (χ4n) is 3.25. The van der Waals surface area contributed by atoms with Gasteiger partial charge in [0.1, 0.15) is 0 Å². The summed E-state index contributed by atoms with van der Waals surface area (Å²) in [4.78, 5) is 27.6. The second kappa shape index (κ2) is 10.8. The number of nitrogens with one attached hydrogen (secondary N) is 2. The number of amides is 2. The summed E-state index contributed by atoms with van der Waals surface area (Å²) in [6.45, 7) is 2.79. The van der Waals surface area contributed by atoms with Gasteiger partial charge in [0.25, 0.3) is 0 Å². The lowest BCUT2D eigenvalue weighted by molar-refractivity contribution is -0.140. The van der Waals surface area contributed by atoms with Crippen molar-refractivity contribution in [1.82, 2.24) is 10.2 Å². The highest BCUT2D eigenvalue weighted by Crippen LogP contribution is 2.23. The van der Waals surface area contributed by atoms with Gasteiger partial charge in [0.15, 0.2) is 0 Å². The van der Waals surface area contributed by atoms with Crippen molar-refractivity contribution in [2.24, 2.45) is 0 Å². The summed E-state index contributed by atoms with van der Waals surface area (Å²) in [5, 5.41) is 5.64. The SMILES string of the molecule is COC(=O)CCCCNC(=O)Nc1ccc(N(C)C2CCN(C)CC2)cc1. The van der Waals surface area contributed by atoms with Gasteiger partial charge in [-0.15, -0.1) is 0 Å². The summed E-state index contributed by atoms with van der Waals surface area (Å²) in [6.07, 6.45) is 4.16. The van der Waals surface area contributed by atoms with Crippen molar-refractivity contribution in [3.8, 4) is 0 Å². The van der Waals surface area contributed by atoms with E-state index in [1.54, 1.807) is 0 Å². The van der Waals surface area contributed by atoms with E-state index in [-0.39, 0.29) is 12.0 Å². The quantitative estimate of drug-likeness (QED) is 0.539. The fourth-order valence-corrected chi connectivity index (χ4v) is 3.25. The average Bonchev–Trinajstić information content (AvgIpc) is 2.68. The number of rotatable bonds is 8. The van der Waals surface area contributed by atoms with Gasteiger partial charge in [-0.3, -0.25) is 4.79 Å². The number of benzene rings is 1. The Balaban J connectivity index is 1.71. The second-order valence-corrected chi connectivity index (χ2v) is 7.11. The second-order valence-electron chi connectivity index (χ2n) is 7.11. The van der Waals surface area contributed by atoms with E-state index in [4.69, 9.17) is 0 Å². The number of likely N-dealkylation sites (tertiary alicyclic amines) is 1. The van der Waals surface area contributed by atoms with E-state index in [0.29, 0.717) is 25.4 Å². The molecule has 7 heteroatoms. The van der Waals surface area contributed by atoms with Crippen LogP contribution < -0.4 is 15.5 Å². The zero-order chi connectivity index (χ0) is 19.6. The molecule has 0 aromatic heterocycles.